The molecule has 0 N–H and O–H groups in total. The number of nitrogens with zero attached hydrogens (tertiary/aromatic N) is 3. The van der Waals surface area contributed by atoms with E-state index < -0.39 is 47.7 Å². The summed E-state index contributed by atoms with van der Waals surface area (Å²) in [6.07, 6.45) is -3.21. The summed E-state index contributed by atoms with van der Waals surface area (Å²) in [7, 11) is 0. The largest absolute Gasteiger partial charge is 0.463 e. The Labute approximate surface area is 195 Å². The summed E-state index contributed by atoms with van der Waals surface area (Å²) in [4.78, 5) is 38.3. The fourth-order valence-electron chi connectivity index (χ4n) is 2.85. The molecule has 0 unspecified atom stereocenters. The van der Waals surface area contributed by atoms with Gasteiger partial charge in [0.15, 0.2) is 0 Å². The summed E-state index contributed by atoms with van der Waals surface area (Å²) in [5.74, 6) is -1.89. The molecule has 0 amide bonds. The number of hydrogen-bond donors (Lipinski definition) is 0. The quantitative estimate of drug-likeness (QED) is 0.167. The lowest BCUT2D eigenvalue weighted by molar-refractivity contribution is -0.201. The molecule has 0 aromatic heterocycles. The SMILES string of the molecule is CC(=O)OC[C@H]1O[C@H](Sc2ccc(Cl)c(Br)c2)[C@H](OC(C)=O)[C@@H](N=[N+]=[N-])[C@H]1OC(C)=O. The Morgan fingerprint density at radius 1 is 1.19 bits per heavy atom. The summed E-state index contributed by atoms with van der Waals surface area (Å²) >= 11 is 10.6. The van der Waals surface area contributed by atoms with Crippen LogP contribution in [0.2, 0.25) is 5.02 Å². The summed E-state index contributed by atoms with van der Waals surface area (Å²) in [5, 5.41) is 4.22. The van der Waals surface area contributed by atoms with Crippen LogP contribution in [0.15, 0.2) is 32.7 Å². The second-order valence-corrected chi connectivity index (χ2v) is 8.82. The predicted molar refractivity (Wildman–Crippen MR) is 114 cm³/mol. The van der Waals surface area contributed by atoms with Crippen LogP contribution in [0, 0.1) is 0 Å². The molecule has 1 fully saturated rings. The Hall–Kier alpha value is -1.98. The highest BCUT2D eigenvalue weighted by Crippen LogP contribution is 2.39. The highest BCUT2D eigenvalue weighted by atomic mass is 79.9. The van der Waals surface area contributed by atoms with Crippen molar-refractivity contribution >= 4 is 57.2 Å². The Morgan fingerprint density at radius 3 is 2.39 bits per heavy atom. The topological polar surface area (TPSA) is 137 Å². The lowest BCUT2D eigenvalue weighted by atomic mass is 9.97. The minimum atomic E-state index is -1.15. The number of carbonyl (C=O) groups is 3. The van der Waals surface area contributed by atoms with Crippen LogP contribution in [0.3, 0.4) is 0 Å². The van der Waals surface area contributed by atoms with Gasteiger partial charge in [-0.2, -0.15) is 0 Å². The first-order valence-electron chi connectivity index (χ1n) is 8.91. The van der Waals surface area contributed by atoms with E-state index in [0.717, 1.165) is 0 Å². The predicted octanol–water partition coefficient (Wildman–Crippen LogP) is 4.02. The summed E-state index contributed by atoms with van der Waals surface area (Å²) in [6.45, 7) is 3.31. The molecule has 0 radical (unpaired) electrons. The number of benzene rings is 1. The minimum absolute atomic E-state index is 0.265. The number of halogens is 2. The van der Waals surface area contributed by atoms with Gasteiger partial charge >= 0.3 is 17.9 Å². The zero-order chi connectivity index (χ0) is 23.1. The lowest BCUT2D eigenvalue weighted by Crippen LogP contribution is -2.59. The second-order valence-electron chi connectivity index (χ2n) is 6.38. The van der Waals surface area contributed by atoms with Crippen LogP contribution in [0.1, 0.15) is 20.8 Å². The third-order valence-corrected chi connectivity index (χ3v) is 6.35. The van der Waals surface area contributed by atoms with Crippen molar-refractivity contribution in [1.29, 1.82) is 0 Å². The van der Waals surface area contributed by atoms with Crippen molar-refractivity contribution in [3.63, 3.8) is 0 Å². The van der Waals surface area contributed by atoms with E-state index >= 15 is 0 Å². The molecule has 1 heterocycles. The average Bonchev–Trinajstić information content (AvgIpc) is 2.67. The first-order chi connectivity index (χ1) is 14.6. The van der Waals surface area contributed by atoms with Crippen LogP contribution in [-0.4, -0.2) is 54.3 Å². The standard InChI is InChI=1S/C18H19BrClN3O7S/c1-8(24)27-7-14-16(28-9(2)25)15(22-23-21)17(29-10(3)26)18(30-14)31-11-4-5-13(20)12(19)6-11/h4-6,14-18H,7H2,1-3H3/t14-,15+,16+,17-,18-/m1/s1. The van der Waals surface area contributed by atoms with E-state index in [9.17, 15) is 14.4 Å². The number of azide groups is 1. The molecule has 1 aromatic rings. The van der Waals surface area contributed by atoms with Crippen LogP contribution >= 0.6 is 39.3 Å². The van der Waals surface area contributed by atoms with Crippen LogP contribution in [0.5, 0.6) is 0 Å². The van der Waals surface area contributed by atoms with E-state index in [-0.39, 0.29) is 6.61 Å². The average molecular weight is 537 g/mol. The van der Waals surface area contributed by atoms with E-state index in [1.54, 1.807) is 18.2 Å². The summed E-state index contributed by atoms with van der Waals surface area (Å²) in [6, 6.07) is 4.01. The van der Waals surface area contributed by atoms with Gasteiger partial charge in [0.2, 0.25) is 0 Å². The Bertz CT molecular complexity index is 899. The first-order valence-corrected chi connectivity index (χ1v) is 11.0. The van der Waals surface area contributed by atoms with E-state index in [1.165, 1.54) is 32.5 Å². The van der Waals surface area contributed by atoms with Crippen molar-refractivity contribution in [2.75, 3.05) is 6.61 Å². The number of carbonyl (C=O) groups excluding carboxylic acids is 3. The van der Waals surface area contributed by atoms with Crippen molar-refractivity contribution in [3.05, 3.63) is 38.1 Å². The maximum Gasteiger partial charge on any atom is 0.303 e. The second kappa shape index (κ2) is 11.6. The molecule has 0 bridgehead atoms. The molecule has 1 aliphatic heterocycles. The van der Waals surface area contributed by atoms with Gasteiger partial charge < -0.3 is 18.9 Å². The first kappa shape index (κ1) is 25.3. The molecule has 13 heteroatoms. The van der Waals surface area contributed by atoms with Crippen molar-refractivity contribution in [1.82, 2.24) is 0 Å². The monoisotopic (exact) mass is 535 g/mol. The normalized spacial score (nSPS) is 25.1. The maximum absolute atomic E-state index is 11.8. The number of hydrogen-bond acceptors (Lipinski definition) is 9. The summed E-state index contributed by atoms with van der Waals surface area (Å²) < 4.78 is 22.4. The van der Waals surface area contributed by atoms with E-state index in [1.807, 2.05) is 0 Å². The molecule has 5 atom stereocenters. The van der Waals surface area contributed by atoms with E-state index in [4.69, 9.17) is 36.1 Å². The molecule has 168 valence electrons. The van der Waals surface area contributed by atoms with Gasteiger partial charge in [-0.25, -0.2) is 0 Å². The number of esters is 3. The van der Waals surface area contributed by atoms with E-state index in [0.29, 0.717) is 14.4 Å². The number of rotatable bonds is 7. The van der Waals surface area contributed by atoms with Gasteiger partial charge in [-0.3, -0.25) is 14.4 Å². The zero-order valence-corrected chi connectivity index (χ0v) is 19.8. The fourth-order valence-corrected chi connectivity index (χ4v) is 4.65. The Morgan fingerprint density at radius 2 is 1.84 bits per heavy atom. The Kier molecular flexibility index (Phi) is 9.45. The van der Waals surface area contributed by atoms with Crippen molar-refractivity contribution < 1.29 is 33.3 Å². The van der Waals surface area contributed by atoms with Crippen LogP contribution in [0.25, 0.3) is 10.4 Å². The molecule has 0 aliphatic carbocycles. The van der Waals surface area contributed by atoms with Crippen LogP contribution in [-0.2, 0) is 33.3 Å². The lowest BCUT2D eigenvalue weighted by Gasteiger charge is -2.43. The minimum Gasteiger partial charge on any atom is -0.463 e. The summed E-state index contributed by atoms with van der Waals surface area (Å²) in [5.41, 5.74) is 8.22. The fraction of sp³-hybridized carbons (Fsp3) is 0.500. The smallest absolute Gasteiger partial charge is 0.303 e. The maximum atomic E-state index is 11.8. The zero-order valence-electron chi connectivity index (χ0n) is 16.7. The third kappa shape index (κ3) is 7.29. The van der Waals surface area contributed by atoms with Gasteiger partial charge in [-0.15, -0.1) is 0 Å². The van der Waals surface area contributed by atoms with Crippen molar-refractivity contribution in [2.45, 2.75) is 55.5 Å². The molecular weight excluding hydrogens is 518 g/mol. The number of thioether (sulfide) groups is 1. The van der Waals surface area contributed by atoms with Crippen molar-refractivity contribution in [3.8, 4) is 0 Å². The molecule has 10 nitrogen and oxygen atoms in total. The van der Waals surface area contributed by atoms with Crippen LogP contribution in [0.4, 0.5) is 0 Å². The molecule has 0 spiro atoms. The van der Waals surface area contributed by atoms with Gasteiger partial charge in [0.05, 0.1) is 5.02 Å². The van der Waals surface area contributed by atoms with Gasteiger partial charge in [-0.1, -0.05) is 28.5 Å². The third-order valence-electron chi connectivity index (χ3n) is 4.00. The van der Waals surface area contributed by atoms with Gasteiger partial charge in [0.1, 0.15) is 36.4 Å². The molecule has 1 saturated heterocycles. The van der Waals surface area contributed by atoms with E-state index in [2.05, 4.69) is 26.0 Å². The van der Waals surface area contributed by atoms with Crippen LogP contribution < -0.4 is 0 Å². The van der Waals surface area contributed by atoms with Gasteiger partial charge in [-0.05, 0) is 39.7 Å². The Balaban J connectivity index is 2.44. The molecular formula is C18H19BrClN3O7S. The highest BCUT2D eigenvalue weighted by Gasteiger charge is 2.50. The molecule has 1 aromatic carbocycles. The molecule has 2 rings (SSSR count). The van der Waals surface area contributed by atoms with Crippen molar-refractivity contribution in [2.24, 2.45) is 5.11 Å². The molecule has 0 saturated carbocycles. The highest BCUT2D eigenvalue weighted by molar-refractivity contribution is 9.10. The molecule has 31 heavy (non-hydrogen) atoms. The number of ether oxygens (including phenoxy) is 4. The van der Waals surface area contributed by atoms with Gasteiger partial charge in [0, 0.05) is 35.1 Å². The molecule has 1 aliphatic rings. The van der Waals surface area contributed by atoms with Gasteiger partial charge in [0.25, 0.3) is 0 Å².